The molecule has 0 radical (unpaired) electrons. The molecule has 2 fully saturated rings. The maximum atomic E-state index is 5.94. The van der Waals surface area contributed by atoms with Gasteiger partial charge in [-0.1, -0.05) is 37.6 Å². The SMILES string of the molecule is CC1(C)CC[C@@H](Cc2ccc(Cl)cc2)C12CC2. The summed E-state index contributed by atoms with van der Waals surface area (Å²) in [6, 6.07) is 8.45. The molecule has 0 bridgehead atoms. The molecule has 1 aromatic carbocycles. The first-order valence-electron chi connectivity index (χ1n) is 6.78. The van der Waals surface area contributed by atoms with Gasteiger partial charge in [0, 0.05) is 5.02 Å². The van der Waals surface area contributed by atoms with Crippen LogP contribution in [0.3, 0.4) is 0 Å². The van der Waals surface area contributed by atoms with Gasteiger partial charge in [-0.25, -0.2) is 0 Å². The Labute approximate surface area is 109 Å². The Kier molecular flexibility index (Phi) is 2.56. The van der Waals surface area contributed by atoms with Crippen molar-refractivity contribution < 1.29 is 0 Å². The van der Waals surface area contributed by atoms with Gasteiger partial charge in [-0.3, -0.25) is 0 Å². The van der Waals surface area contributed by atoms with Crippen molar-refractivity contribution in [3.8, 4) is 0 Å². The van der Waals surface area contributed by atoms with E-state index in [2.05, 4.69) is 26.0 Å². The molecule has 2 saturated carbocycles. The van der Waals surface area contributed by atoms with Crippen LogP contribution >= 0.6 is 11.6 Å². The third kappa shape index (κ3) is 1.81. The van der Waals surface area contributed by atoms with E-state index < -0.39 is 0 Å². The van der Waals surface area contributed by atoms with Crippen LogP contribution in [0.4, 0.5) is 0 Å². The molecule has 1 spiro atoms. The topological polar surface area (TPSA) is 0 Å². The average molecular weight is 249 g/mol. The molecule has 3 rings (SSSR count). The third-order valence-corrected chi connectivity index (χ3v) is 5.68. The van der Waals surface area contributed by atoms with Crippen molar-refractivity contribution in [3.05, 3.63) is 34.9 Å². The van der Waals surface area contributed by atoms with E-state index in [4.69, 9.17) is 11.6 Å². The predicted molar refractivity (Wildman–Crippen MR) is 73.3 cm³/mol. The zero-order valence-corrected chi connectivity index (χ0v) is 11.6. The Morgan fingerprint density at radius 2 is 1.76 bits per heavy atom. The maximum Gasteiger partial charge on any atom is 0.0406 e. The molecule has 92 valence electrons. The minimum Gasteiger partial charge on any atom is -0.0843 e. The lowest BCUT2D eigenvalue weighted by molar-refractivity contribution is 0.189. The van der Waals surface area contributed by atoms with Crippen LogP contribution in [-0.2, 0) is 6.42 Å². The van der Waals surface area contributed by atoms with Gasteiger partial charge in [-0.05, 0) is 66.5 Å². The Morgan fingerprint density at radius 1 is 1.12 bits per heavy atom. The Morgan fingerprint density at radius 3 is 2.35 bits per heavy atom. The number of benzene rings is 1. The standard InChI is InChI=1S/C16H21Cl/c1-15(2)8-7-13(16(15)9-10-16)11-12-3-5-14(17)6-4-12/h3-6,13H,7-11H2,1-2H3/t13-/m0/s1. The molecular formula is C16H21Cl. The largest absolute Gasteiger partial charge is 0.0843 e. The Balaban J connectivity index is 1.77. The predicted octanol–water partition coefficient (Wildman–Crippen LogP) is 5.10. The minimum atomic E-state index is 0.574. The first kappa shape index (κ1) is 11.6. The van der Waals surface area contributed by atoms with E-state index in [9.17, 15) is 0 Å². The smallest absolute Gasteiger partial charge is 0.0406 e. The molecule has 0 heterocycles. The van der Waals surface area contributed by atoms with E-state index in [0.29, 0.717) is 10.8 Å². The van der Waals surface area contributed by atoms with Gasteiger partial charge in [0.25, 0.3) is 0 Å². The van der Waals surface area contributed by atoms with E-state index >= 15 is 0 Å². The van der Waals surface area contributed by atoms with Gasteiger partial charge in [0.1, 0.15) is 0 Å². The normalized spacial score (nSPS) is 28.5. The van der Waals surface area contributed by atoms with Crippen LogP contribution in [0.15, 0.2) is 24.3 Å². The minimum absolute atomic E-state index is 0.574. The first-order valence-corrected chi connectivity index (χ1v) is 7.16. The van der Waals surface area contributed by atoms with Gasteiger partial charge in [-0.15, -0.1) is 0 Å². The molecule has 0 amide bonds. The monoisotopic (exact) mass is 248 g/mol. The van der Waals surface area contributed by atoms with Crippen LogP contribution in [0, 0.1) is 16.7 Å². The van der Waals surface area contributed by atoms with Gasteiger partial charge < -0.3 is 0 Å². The van der Waals surface area contributed by atoms with E-state index in [1.165, 1.54) is 37.7 Å². The van der Waals surface area contributed by atoms with Crippen molar-refractivity contribution in [2.75, 3.05) is 0 Å². The highest BCUT2D eigenvalue weighted by Gasteiger charge is 2.61. The van der Waals surface area contributed by atoms with Gasteiger partial charge in [0.2, 0.25) is 0 Å². The fourth-order valence-corrected chi connectivity index (χ4v) is 4.16. The van der Waals surface area contributed by atoms with Crippen LogP contribution in [0.1, 0.15) is 45.1 Å². The van der Waals surface area contributed by atoms with Gasteiger partial charge in [0.05, 0.1) is 0 Å². The quantitative estimate of drug-likeness (QED) is 0.683. The summed E-state index contributed by atoms with van der Waals surface area (Å²) < 4.78 is 0. The number of hydrogen-bond donors (Lipinski definition) is 0. The van der Waals surface area contributed by atoms with E-state index in [0.717, 1.165) is 10.9 Å². The summed E-state index contributed by atoms with van der Waals surface area (Å²) in [6.07, 6.45) is 6.98. The fraction of sp³-hybridized carbons (Fsp3) is 0.625. The second-order valence-corrected chi connectivity index (χ2v) is 7.04. The van der Waals surface area contributed by atoms with Crippen molar-refractivity contribution >= 4 is 11.6 Å². The van der Waals surface area contributed by atoms with Crippen LogP contribution in [0.25, 0.3) is 0 Å². The zero-order valence-electron chi connectivity index (χ0n) is 10.8. The van der Waals surface area contributed by atoms with Crippen LogP contribution in [-0.4, -0.2) is 0 Å². The fourth-order valence-electron chi connectivity index (χ4n) is 4.04. The second kappa shape index (κ2) is 3.75. The summed E-state index contributed by atoms with van der Waals surface area (Å²) >= 11 is 5.94. The van der Waals surface area contributed by atoms with Crippen LogP contribution in [0.2, 0.25) is 5.02 Å². The second-order valence-electron chi connectivity index (χ2n) is 6.61. The summed E-state index contributed by atoms with van der Waals surface area (Å²) in [5, 5.41) is 0.849. The van der Waals surface area contributed by atoms with E-state index in [1.54, 1.807) is 0 Å². The summed E-state index contributed by atoms with van der Waals surface area (Å²) in [5.74, 6) is 0.902. The first-order chi connectivity index (χ1) is 8.03. The lowest BCUT2D eigenvalue weighted by atomic mass is 9.74. The lowest BCUT2D eigenvalue weighted by Gasteiger charge is -2.31. The molecule has 0 aromatic heterocycles. The zero-order chi connectivity index (χ0) is 12.1. The Bertz CT molecular complexity index is 412. The molecule has 0 nitrogen and oxygen atoms in total. The molecule has 0 aliphatic heterocycles. The summed E-state index contributed by atoms with van der Waals surface area (Å²) in [6.45, 7) is 4.95. The van der Waals surface area contributed by atoms with E-state index in [-0.39, 0.29) is 0 Å². The van der Waals surface area contributed by atoms with E-state index in [1.807, 2.05) is 12.1 Å². The summed E-state index contributed by atoms with van der Waals surface area (Å²) in [7, 11) is 0. The van der Waals surface area contributed by atoms with Crippen molar-refractivity contribution in [2.45, 2.75) is 46.0 Å². The van der Waals surface area contributed by atoms with Gasteiger partial charge in [0.15, 0.2) is 0 Å². The molecule has 0 saturated heterocycles. The highest BCUT2D eigenvalue weighted by Crippen LogP contribution is 2.70. The molecular weight excluding hydrogens is 228 g/mol. The maximum absolute atomic E-state index is 5.94. The molecule has 17 heavy (non-hydrogen) atoms. The number of halogens is 1. The molecule has 0 N–H and O–H groups in total. The summed E-state index contributed by atoms with van der Waals surface area (Å²) in [4.78, 5) is 0. The molecule has 1 aromatic rings. The molecule has 2 aliphatic rings. The molecule has 1 heteroatoms. The van der Waals surface area contributed by atoms with Gasteiger partial charge >= 0.3 is 0 Å². The molecule has 2 aliphatic carbocycles. The van der Waals surface area contributed by atoms with Crippen LogP contribution in [0.5, 0.6) is 0 Å². The highest BCUT2D eigenvalue weighted by molar-refractivity contribution is 6.30. The average Bonchev–Trinajstić information content (AvgIpc) is 3.04. The lowest BCUT2D eigenvalue weighted by Crippen LogP contribution is -2.24. The number of hydrogen-bond acceptors (Lipinski definition) is 0. The number of rotatable bonds is 2. The van der Waals surface area contributed by atoms with Crippen molar-refractivity contribution in [1.29, 1.82) is 0 Å². The third-order valence-electron chi connectivity index (χ3n) is 5.43. The van der Waals surface area contributed by atoms with Crippen molar-refractivity contribution in [3.63, 3.8) is 0 Å². The van der Waals surface area contributed by atoms with Crippen molar-refractivity contribution in [1.82, 2.24) is 0 Å². The van der Waals surface area contributed by atoms with Crippen LogP contribution < -0.4 is 0 Å². The molecule has 1 atom stereocenters. The van der Waals surface area contributed by atoms with Crippen molar-refractivity contribution in [2.24, 2.45) is 16.7 Å². The summed E-state index contributed by atoms with van der Waals surface area (Å²) in [5.41, 5.74) is 2.71. The Hall–Kier alpha value is -0.490. The van der Waals surface area contributed by atoms with Gasteiger partial charge in [-0.2, -0.15) is 0 Å². The molecule has 0 unspecified atom stereocenters. The highest BCUT2D eigenvalue weighted by atomic mass is 35.5.